The average molecular weight is 270 g/mol. The summed E-state index contributed by atoms with van der Waals surface area (Å²) in [6, 6.07) is 15.0. The van der Waals surface area contributed by atoms with Gasteiger partial charge in [-0.1, -0.05) is 35.9 Å². The molecule has 0 saturated heterocycles. The Labute approximate surface area is 109 Å². The van der Waals surface area contributed by atoms with Gasteiger partial charge in [0.25, 0.3) is 0 Å². The summed E-state index contributed by atoms with van der Waals surface area (Å²) in [5.74, 6) is 0. The van der Waals surface area contributed by atoms with Crippen LogP contribution in [0.3, 0.4) is 0 Å². The molecule has 0 nitrogen and oxygen atoms in total. The van der Waals surface area contributed by atoms with Crippen LogP contribution in [-0.2, 0) is 32.6 Å². The molecule has 0 heterocycles. The van der Waals surface area contributed by atoms with Crippen LogP contribution in [0.4, 0.5) is 0 Å². The first-order valence-electron chi connectivity index (χ1n) is 4.88. The molecule has 0 atom stereocenters. The molecule has 1 aliphatic carbocycles. The van der Waals surface area contributed by atoms with E-state index in [-0.39, 0.29) is 26.2 Å². The van der Waals surface area contributed by atoms with Gasteiger partial charge in [-0.25, -0.2) is 0 Å². The molecule has 0 bridgehead atoms. The van der Waals surface area contributed by atoms with E-state index < -0.39 is 0 Å². The first kappa shape index (κ1) is 10.7. The molecule has 0 aliphatic heterocycles. The molecule has 0 radical (unpaired) electrons. The Hall–Kier alpha value is -0.807. The Morgan fingerprint density at radius 1 is 0.867 bits per heavy atom. The predicted molar refractivity (Wildman–Crippen MR) is 59.1 cm³/mol. The van der Waals surface area contributed by atoms with Crippen molar-refractivity contribution in [3.8, 4) is 11.1 Å². The molecule has 0 amide bonds. The maximum atomic E-state index is 4.08. The third kappa shape index (κ3) is 1.59. The fraction of sp³-hybridized carbons (Fsp3) is 0.0714. The first-order valence-corrected chi connectivity index (χ1v) is 4.88. The number of fused-ring (bicyclic) bond motifs is 3. The Balaban J connectivity index is 0.000000853. The van der Waals surface area contributed by atoms with Gasteiger partial charge >= 0.3 is 26.2 Å². The van der Waals surface area contributed by atoms with E-state index in [0.29, 0.717) is 0 Å². The van der Waals surface area contributed by atoms with Gasteiger partial charge in [0, 0.05) is 0 Å². The van der Waals surface area contributed by atoms with Crippen LogP contribution in [0, 0.1) is 6.92 Å². The van der Waals surface area contributed by atoms with E-state index in [2.05, 4.69) is 49.4 Å². The maximum absolute atomic E-state index is 4.08. The third-order valence-corrected chi connectivity index (χ3v) is 2.95. The summed E-state index contributed by atoms with van der Waals surface area (Å²) in [5.41, 5.74) is 6.74. The van der Waals surface area contributed by atoms with Crippen LogP contribution in [-0.4, -0.2) is 0 Å². The molecule has 1 aliphatic rings. The third-order valence-electron chi connectivity index (χ3n) is 2.95. The molecule has 0 saturated carbocycles. The smallest absolute Gasteiger partial charge is 0.198 e. The molecule has 1 heteroatoms. The zero-order valence-electron chi connectivity index (χ0n) is 8.46. The second-order valence-electron chi connectivity index (χ2n) is 3.78. The normalized spacial score (nSPS) is 11.5. The predicted octanol–water partition coefficient (Wildman–Crippen LogP) is 3.44. The van der Waals surface area contributed by atoms with Crippen LogP contribution in [0.1, 0.15) is 16.7 Å². The van der Waals surface area contributed by atoms with Crippen LogP contribution in [0.2, 0.25) is 0 Å². The molecule has 70 valence electrons. The molecule has 0 unspecified atom stereocenters. The second kappa shape index (κ2) is 3.98. The summed E-state index contributed by atoms with van der Waals surface area (Å²) in [6.07, 6.45) is 1.05. The van der Waals surface area contributed by atoms with Crippen molar-refractivity contribution in [2.24, 2.45) is 0 Å². The van der Waals surface area contributed by atoms with Crippen LogP contribution in [0.5, 0.6) is 0 Å². The Morgan fingerprint density at radius 2 is 1.60 bits per heavy atom. The fourth-order valence-electron chi connectivity index (χ4n) is 2.22. The van der Waals surface area contributed by atoms with E-state index in [9.17, 15) is 0 Å². The summed E-state index contributed by atoms with van der Waals surface area (Å²) in [6.45, 7) is 4.08. The summed E-state index contributed by atoms with van der Waals surface area (Å²) in [4.78, 5) is 0. The van der Waals surface area contributed by atoms with Crippen LogP contribution in [0.15, 0.2) is 42.5 Å². The number of benzene rings is 2. The van der Waals surface area contributed by atoms with Gasteiger partial charge in [0.2, 0.25) is 0 Å². The van der Waals surface area contributed by atoms with Gasteiger partial charge in [0.15, 0.2) is 0 Å². The van der Waals surface area contributed by atoms with Gasteiger partial charge in [0.05, 0.1) is 0 Å². The Kier molecular flexibility index (Phi) is 2.84. The quantitative estimate of drug-likeness (QED) is 0.549. The number of rotatable bonds is 0. The average Bonchev–Trinajstić information content (AvgIpc) is 2.59. The van der Waals surface area contributed by atoms with Gasteiger partial charge in [-0.2, -0.15) is 18.6 Å². The van der Waals surface area contributed by atoms with Crippen molar-refractivity contribution in [2.75, 3.05) is 0 Å². The second-order valence-corrected chi connectivity index (χ2v) is 3.78. The molecule has 2 aromatic rings. The minimum atomic E-state index is 0. The Morgan fingerprint density at radius 3 is 2.47 bits per heavy atom. The van der Waals surface area contributed by atoms with E-state index in [1.165, 1.54) is 27.8 Å². The van der Waals surface area contributed by atoms with Crippen LogP contribution < -0.4 is 0 Å². The van der Waals surface area contributed by atoms with Crippen LogP contribution in [0.25, 0.3) is 11.1 Å². The molecular weight excluding hydrogens is 259 g/mol. The number of hydrogen-bond donors (Lipinski definition) is 0. The number of hydrogen-bond acceptors (Lipinski definition) is 0. The maximum Gasteiger partial charge on any atom is 2.00 e. The monoisotopic (exact) mass is 269 g/mol. The van der Waals surface area contributed by atoms with E-state index in [0.717, 1.165) is 6.42 Å². The van der Waals surface area contributed by atoms with Crippen molar-refractivity contribution in [3.63, 3.8) is 0 Å². The fourth-order valence-corrected chi connectivity index (χ4v) is 2.22. The van der Waals surface area contributed by atoms with Gasteiger partial charge in [-0.15, -0.1) is 11.6 Å². The molecular formula is C14H11Zr+. The molecule has 2 aromatic carbocycles. The Bertz CT molecular complexity index is 500. The van der Waals surface area contributed by atoms with Gasteiger partial charge in [-0.05, 0) is 17.5 Å². The molecule has 3 rings (SSSR count). The van der Waals surface area contributed by atoms with Gasteiger partial charge in [0.1, 0.15) is 0 Å². The molecule has 15 heavy (non-hydrogen) atoms. The molecule has 0 aromatic heterocycles. The van der Waals surface area contributed by atoms with Crippen LogP contribution >= 0.6 is 0 Å². The summed E-state index contributed by atoms with van der Waals surface area (Å²) < 4.78 is 0. The van der Waals surface area contributed by atoms with E-state index in [4.69, 9.17) is 0 Å². The van der Waals surface area contributed by atoms with Gasteiger partial charge in [-0.3, -0.25) is 0 Å². The van der Waals surface area contributed by atoms with Crippen molar-refractivity contribution in [3.05, 3.63) is 66.1 Å². The van der Waals surface area contributed by atoms with Crippen molar-refractivity contribution >= 4 is 0 Å². The van der Waals surface area contributed by atoms with Crippen molar-refractivity contribution in [1.29, 1.82) is 0 Å². The minimum absolute atomic E-state index is 0. The van der Waals surface area contributed by atoms with E-state index >= 15 is 0 Å². The summed E-state index contributed by atoms with van der Waals surface area (Å²) >= 11 is 0. The topological polar surface area (TPSA) is 0 Å². The zero-order chi connectivity index (χ0) is 9.54. The van der Waals surface area contributed by atoms with E-state index in [1.807, 2.05) is 0 Å². The largest absolute Gasteiger partial charge is 2.00 e. The van der Waals surface area contributed by atoms with Gasteiger partial charge < -0.3 is 0 Å². The van der Waals surface area contributed by atoms with E-state index in [1.54, 1.807) is 0 Å². The molecule has 0 N–H and O–H groups in total. The minimum Gasteiger partial charge on any atom is -0.198 e. The standard InChI is InChI=1S/C14H11.Zr/c1-10-5-4-8-13-12-7-3-2-6-11(12)9-14(10)13;/h2-8H,1,9H2;/q-1;+2. The first-order chi connectivity index (χ1) is 6.86. The molecule has 0 spiro atoms. The SMILES string of the molecule is [CH2-]c1cccc2c1Cc1ccccc1-2.[Zr+2]. The summed E-state index contributed by atoms with van der Waals surface area (Å²) in [5, 5.41) is 0. The van der Waals surface area contributed by atoms with Crippen molar-refractivity contribution < 1.29 is 26.2 Å². The summed E-state index contributed by atoms with van der Waals surface area (Å²) in [7, 11) is 0. The zero-order valence-corrected chi connectivity index (χ0v) is 10.9. The van der Waals surface area contributed by atoms with Crippen molar-refractivity contribution in [1.82, 2.24) is 0 Å². The molecule has 0 fully saturated rings. The van der Waals surface area contributed by atoms with Crippen molar-refractivity contribution in [2.45, 2.75) is 6.42 Å².